The van der Waals surface area contributed by atoms with Crippen molar-refractivity contribution in [3.05, 3.63) is 99.5 Å². The first-order valence-corrected chi connectivity index (χ1v) is 16.2. The van der Waals surface area contributed by atoms with E-state index >= 15 is 0 Å². The van der Waals surface area contributed by atoms with Crippen LogP contribution in [-0.2, 0) is 32.6 Å². The van der Waals surface area contributed by atoms with Crippen LogP contribution >= 0.6 is 23.2 Å². The first kappa shape index (κ1) is 30.9. The third-order valence-electron chi connectivity index (χ3n) is 7.44. The van der Waals surface area contributed by atoms with Crippen molar-refractivity contribution in [2.75, 3.05) is 17.1 Å². The molecule has 1 N–H and O–H groups in total. The molecule has 0 spiro atoms. The zero-order valence-corrected chi connectivity index (χ0v) is 25.6. The molecule has 1 unspecified atom stereocenters. The molecule has 7 nitrogen and oxygen atoms in total. The standard InChI is InChI=1S/C31H35Cl2N3O4S/c1-22-10-6-7-13-24(22)20-35(30(37)21-36(41(2,39)40)26-16-17-27(32)28(33)19-26)29(18-23-11-4-3-5-12-23)31(38)34-25-14-8-9-15-25/h3-7,10-13,16-17,19,25,29H,8-9,14-15,18,20-21H2,1-2H3,(H,34,38). The van der Waals surface area contributed by atoms with E-state index in [1.807, 2.05) is 61.5 Å². The lowest BCUT2D eigenvalue weighted by molar-refractivity contribution is -0.140. The van der Waals surface area contributed by atoms with Gasteiger partial charge in [0.05, 0.1) is 22.0 Å². The first-order valence-electron chi connectivity index (χ1n) is 13.6. The lowest BCUT2D eigenvalue weighted by atomic mass is 10.0. The van der Waals surface area contributed by atoms with Gasteiger partial charge in [-0.1, -0.05) is 90.6 Å². The Bertz CT molecular complexity index is 1480. The van der Waals surface area contributed by atoms with Gasteiger partial charge in [-0.15, -0.1) is 0 Å². The Morgan fingerprint density at radius 1 is 0.951 bits per heavy atom. The summed E-state index contributed by atoms with van der Waals surface area (Å²) >= 11 is 12.3. The summed E-state index contributed by atoms with van der Waals surface area (Å²) in [7, 11) is -3.90. The van der Waals surface area contributed by atoms with Crippen molar-refractivity contribution in [3.63, 3.8) is 0 Å². The number of carbonyl (C=O) groups is 2. The highest BCUT2D eigenvalue weighted by molar-refractivity contribution is 7.92. The minimum absolute atomic E-state index is 0.0555. The summed E-state index contributed by atoms with van der Waals surface area (Å²) in [6, 6.07) is 20.8. The number of amides is 2. The van der Waals surface area contributed by atoms with E-state index in [4.69, 9.17) is 23.2 Å². The highest BCUT2D eigenvalue weighted by atomic mass is 35.5. The Morgan fingerprint density at radius 2 is 1.61 bits per heavy atom. The number of nitrogens with zero attached hydrogens (tertiary/aromatic N) is 2. The molecule has 4 rings (SSSR count). The second-order valence-electron chi connectivity index (χ2n) is 10.5. The van der Waals surface area contributed by atoms with E-state index in [1.54, 1.807) is 0 Å². The van der Waals surface area contributed by atoms with Crippen LogP contribution in [0.15, 0.2) is 72.8 Å². The zero-order valence-electron chi connectivity index (χ0n) is 23.2. The maximum Gasteiger partial charge on any atom is 0.244 e. The van der Waals surface area contributed by atoms with Crippen LogP contribution in [0.4, 0.5) is 5.69 Å². The van der Waals surface area contributed by atoms with Gasteiger partial charge in [-0.05, 0) is 54.7 Å². The summed E-state index contributed by atoms with van der Waals surface area (Å²) in [5, 5.41) is 3.60. The highest BCUT2D eigenvalue weighted by Gasteiger charge is 2.34. The van der Waals surface area contributed by atoms with Gasteiger partial charge in [-0.2, -0.15) is 0 Å². The number of benzene rings is 3. The molecule has 0 bridgehead atoms. The fraction of sp³-hybridized carbons (Fsp3) is 0.355. The van der Waals surface area contributed by atoms with Crippen molar-refractivity contribution in [1.82, 2.24) is 10.2 Å². The Morgan fingerprint density at radius 3 is 2.24 bits per heavy atom. The topological polar surface area (TPSA) is 86.8 Å². The summed E-state index contributed by atoms with van der Waals surface area (Å²) in [5.41, 5.74) is 2.93. The SMILES string of the molecule is Cc1ccccc1CN(C(=O)CN(c1ccc(Cl)c(Cl)c1)S(C)(=O)=O)C(Cc1ccccc1)C(=O)NC1CCCC1. The predicted molar refractivity (Wildman–Crippen MR) is 165 cm³/mol. The minimum atomic E-state index is -3.90. The third kappa shape index (κ3) is 8.24. The van der Waals surface area contributed by atoms with Gasteiger partial charge in [0.2, 0.25) is 21.8 Å². The lowest BCUT2D eigenvalue weighted by Gasteiger charge is -2.34. The Labute approximate surface area is 252 Å². The number of hydrogen-bond donors (Lipinski definition) is 1. The first-order chi connectivity index (χ1) is 19.5. The zero-order chi connectivity index (χ0) is 29.6. The second kappa shape index (κ2) is 13.7. The van der Waals surface area contributed by atoms with E-state index in [2.05, 4.69) is 5.32 Å². The molecule has 1 aliphatic carbocycles. The molecule has 3 aromatic carbocycles. The molecule has 1 fully saturated rings. The quantitative estimate of drug-likeness (QED) is 0.297. The number of carbonyl (C=O) groups excluding carboxylic acids is 2. The molecule has 41 heavy (non-hydrogen) atoms. The summed E-state index contributed by atoms with van der Waals surface area (Å²) in [6.07, 6.45) is 5.20. The summed E-state index contributed by atoms with van der Waals surface area (Å²) in [6.45, 7) is 1.58. The van der Waals surface area contributed by atoms with Gasteiger partial charge in [-0.3, -0.25) is 13.9 Å². The van der Waals surface area contributed by atoms with Crippen LogP contribution in [0.1, 0.15) is 42.4 Å². The van der Waals surface area contributed by atoms with Gasteiger partial charge < -0.3 is 10.2 Å². The minimum Gasteiger partial charge on any atom is -0.352 e. The van der Waals surface area contributed by atoms with Gasteiger partial charge in [0.25, 0.3) is 0 Å². The molecule has 3 aromatic rings. The molecular formula is C31H35Cl2N3O4S. The van der Waals surface area contributed by atoms with E-state index < -0.39 is 28.5 Å². The van der Waals surface area contributed by atoms with E-state index in [0.717, 1.165) is 52.9 Å². The Balaban J connectivity index is 1.74. The summed E-state index contributed by atoms with van der Waals surface area (Å²) < 4.78 is 26.8. The maximum absolute atomic E-state index is 14.2. The van der Waals surface area contributed by atoms with Crippen molar-refractivity contribution in [1.29, 1.82) is 0 Å². The lowest BCUT2D eigenvalue weighted by Crippen LogP contribution is -2.54. The molecule has 10 heteroatoms. The molecule has 0 aromatic heterocycles. The number of anilines is 1. The highest BCUT2D eigenvalue weighted by Crippen LogP contribution is 2.29. The van der Waals surface area contributed by atoms with Crippen LogP contribution in [0.25, 0.3) is 0 Å². The molecular weight excluding hydrogens is 581 g/mol. The number of rotatable bonds is 11. The second-order valence-corrected chi connectivity index (χ2v) is 13.2. The van der Waals surface area contributed by atoms with Crippen LogP contribution in [0.2, 0.25) is 10.0 Å². The fourth-order valence-electron chi connectivity index (χ4n) is 5.15. The molecule has 1 aliphatic rings. The van der Waals surface area contributed by atoms with Crippen LogP contribution < -0.4 is 9.62 Å². The number of sulfonamides is 1. The van der Waals surface area contributed by atoms with Gasteiger partial charge in [0.15, 0.2) is 0 Å². The van der Waals surface area contributed by atoms with Gasteiger partial charge in [0.1, 0.15) is 12.6 Å². The smallest absolute Gasteiger partial charge is 0.244 e. The maximum atomic E-state index is 14.2. The van der Waals surface area contributed by atoms with E-state index in [9.17, 15) is 18.0 Å². The third-order valence-corrected chi connectivity index (χ3v) is 9.32. The number of aryl methyl sites for hydroxylation is 1. The van der Waals surface area contributed by atoms with Crippen LogP contribution in [0.3, 0.4) is 0 Å². The summed E-state index contributed by atoms with van der Waals surface area (Å²) in [5.74, 6) is -0.754. The van der Waals surface area contributed by atoms with Crippen molar-refractivity contribution >= 4 is 50.7 Å². The van der Waals surface area contributed by atoms with Crippen molar-refractivity contribution in [2.45, 2.75) is 57.7 Å². The molecule has 0 heterocycles. The molecule has 1 atom stereocenters. The summed E-state index contributed by atoms with van der Waals surface area (Å²) in [4.78, 5) is 29.6. The van der Waals surface area contributed by atoms with Gasteiger partial charge in [0, 0.05) is 19.0 Å². The van der Waals surface area contributed by atoms with Crippen LogP contribution in [-0.4, -0.2) is 50.0 Å². The largest absolute Gasteiger partial charge is 0.352 e. The average molecular weight is 617 g/mol. The van der Waals surface area contributed by atoms with E-state index in [1.165, 1.54) is 23.1 Å². The van der Waals surface area contributed by atoms with Crippen molar-refractivity contribution in [2.24, 2.45) is 0 Å². The average Bonchev–Trinajstić information content (AvgIpc) is 3.44. The van der Waals surface area contributed by atoms with Gasteiger partial charge >= 0.3 is 0 Å². The van der Waals surface area contributed by atoms with Crippen molar-refractivity contribution < 1.29 is 18.0 Å². The number of hydrogen-bond acceptors (Lipinski definition) is 4. The van der Waals surface area contributed by atoms with Crippen LogP contribution in [0.5, 0.6) is 0 Å². The monoisotopic (exact) mass is 615 g/mol. The Hall–Kier alpha value is -3.07. The molecule has 1 saturated carbocycles. The molecule has 0 saturated heterocycles. The number of halogens is 2. The van der Waals surface area contributed by atoms with E-state index in [-0.39, 0.29) is 40.6 Å². The fourth-order valence-corrected chi connectivity index (χ4v) is 6.28. The van der Waals surface area contributed by atoms with Gasteiger partial charge in [-0.25, -0.2) is 8.42 Å². The predicted octanol–water partition coefficient (Wildman–Crippen LogP) is 5.77. The van der Waals surface area contributed by atoms with E-state index in [0.29, 0.717) is 0 Å². The van der Waals surface area contributed by atoms with Crippen LogP contribution in [0, 0.1) is 6.92 Å². The molecule has 218 valence electrons. The molecule has 0 aliphatic heterocycles. The van der Waals surface area contributed by atoms with Crippen molar-refractivity contribution in [3.8, 4) is 0 Å². The molecule has 2 amide bonds. The molecule has 0 radical (unpaired) electrons. The number of nitrogens with one attached hydrogen (secondary N) is 1. The normalized spacial score (nSPS) is 14.4. The Kier molecular flexibility index (Phi) is 10.3.